The summed E-state index contributed by atoms with van der Waals surface area (Å²) in [6, 6.07) is 4.21. The number of nitrogens with one attached hydrogen (secondary N) is 1. The fourth-order valence-corrected chi connectivity index (χ4v) is 4.68. The Labute approximate surface area is 188 Å². The number of aromatic nitrogens is 5. The third-order valence-electron chi connectivity index (χ3n) is 6.74. The Morgan fingerprint density at radius 2 is 2.06 bits per heavy atom. The molecule has 0 radical (unpaired) electrons. The zero-order chi connectivity index (χ0) is 22.1. The summed E-state index contributed by atoms with van der Waals surface area (Å²) in [6.45, 7) is 5.68. The van der Waals surface area contributed by atoms with Crippen molar-refractivity contribution in [2.75, 3.05) is 45.9 Å². The lowest BCUT2D eigenvalue weighted by Gasteiger charge is -2.32. The first-order valence-electron chi connectivity index (χ1n) is 11.3. The van der Waals surface area contributed by atoms with E-state index < -0.39 is 0 Å². The van der Waals surface area contributed by atoms with Crippen LogP contribution in [-0.4, -0.2) is 70.0 Å². The summed E-state index contributed by atoms with van der Waals surface area (Å²) < 4.78 is 14.9. The number of nitrogens with zero attached hydrogens (tertiary/aromatic N) is 6. The van der Waals surface area contributed by atoms with E-state index in [1.54, 1.807) is 7.11 Å². The van der Waals surface area contributed by atoms with Crippen molar-refractivity contribution < 1.29 is 9.47 Å². The molecule has 1 N–H and O–H groups in total. The monoisotopic (exact) mass is 437 g/mol. The molecule has 0 spiro atoms. The third-order valence-corrected chi connectivity index (χ3v) is 6.74. The number of pyridine rings is 1. The minimum absolute atomic E-state index is 0.355. The molecule has 1 saturated heterocycles. The average molecular weight is 438 g/mol. The number of hydrogen-bond acceptors (Lipinski definition) is 7. The molecule has 5 heterocycles. The molecule has 9 nitrogen and oxygen atoms in total. The Hall–Kier alpha value is -2.91. The van der Waals surface area contributed by atoms with Gasteiger partial charge in [0.2, 0.25) is 5.88 Å². The summed E-state index contributed by atoms with van der Waals surface area (Å²) in [5, 5.41) is 13.1. The molecule has 1 atom stereocenters. The molecule has 3 aromatic rings. The Morgan fingerprint density at radius 3 is 2.81 bits per heavy atom. The number of fused-ring (bicyclic) bond motifs is 1. The van der Waals surface area contributed by atoms with Crippen molar-refractivity contribution in [2.45, 2.75) is 32.2 Å². The Kier molecular flexibility index (Phi) is 5.84. The minimum Gasteiger partial charge on any atom is -0.481 e. The van der Waals surface area contributed by atoms with Crippen LogP contribution in [0.1, 0.15) is 31.4 Å². The first kappa shape index (κ1) is 21.0. The molecule has 9 heteroatoms. The summed E-state index contributed by atoms with van der Waals surface area (Å²) in [4.78, 5) is 6.77. The standard InChI is InChI=1S/C23H31N7O2/c1-16(17-6-9-28(2)10-7-17)29-14-19(13-26-29)30-23-20(8-11-32-15-25-23)22(27-30)18-4-5-21(31-3)24-12-18/h4-5,12-14,16-17,25H,6-11,15H2,1-3H3. The van der Waals surface area contributed by atoms with E-state index >= 15 is 0 Å². The topological polar surface area (TPSA) is 82.3 Å². The van der Waals surface area contributed by atoms with Gasteiger partial charge in [-0.25, -0.2) is 9.67 Å². The van der Waals surface area contributed by atoms with E-state index in [4.69, 9.17) is 19.7 Å². The maximum absolute atomic E-state index is 5.67. The predicted octanol–water partition coefficient (Wildman–Crippen LogP) is 2.98. The van der Waals surface area contributed by atoms with Gasteiger partial charge >= 0.3 is 0 Å². The van der Waals surface area contributed by atoms with Crippen LogP contribution in [0.25, 0.3) is 16.9 Å². The highest BCUT2D eigenvalue weighted by atomic mass is 16.5. The van der Waals surface area contributed by atoms with Crippen molar-refractivity contribution in [3.63, 3.8) is 0 Å². The largest absolute Gasteiger partial charge is 0.481 e. The molecule has 1 fully saturated rings. The van der Waals surface area contributed by atoms with Crippen LogP contribution in [0, 0.1) is 5.92 Å². The van der Waals surface area contributed by atoms with Crippen molar-refractivity contribution in [3.8, 4) is 22.8 Å². The SMILES string of the molecule is COc1ccc(-c2nn(-c3cnn(C(C)C4CCN(C)CC4)c3)c3c2CCOCN3)cn1. The second-order valence-corrected chi connectivity index (χ2v) is 8.72. The molecule has 0 aliphatic carbocycles. The molecular weight excluding hydrogens is 406 g/mol. The van der Waals surface area contributed by atoms with Crippen molar-refractivity contribution >= 4 is 5.82 Å². The van der Waals surface area contributed by atoms with Crippen LogP contribution < -0.4 is 10.1 Å². The summed E-state index contributed by atoms with van der Waals surface area (Å²) in [6.07, 6.45) is 9.02. The van der Waals surface area contributed by atoms with Gasteiger partial charge in [0.15, 0.2) is 0 Å². The zero-order valence-electron chi connectivity index (χ0n) is 19.0. The van der Waals surface area contributed by atoms with Crippen molar-refractivity contribution in [1.82, 2.24) is 29.4 Å². The molecule has 2 aliphatic rings. The van der Waals surface area contributed by atoms with E-state index in [0.29, 0.717) is 31.2 Å². The number of hydrogen-bond donors (Lipinski definition) is 1. The molecule has 0 aromatic carbocycles. The maximum Gasteiger partial charge on any atom is 0.212 e. The van der Waals surface area contributed by atoms with E-state index in [-0.39, 0.29) is 0 Å². The molecule has 0 bridgehead atoms. The highest BCUT2D eigenvalue weighted by Crippen LogP contribution is 2.34. The number of piperidine rings is 1. The second-order valence-electron chi connectivity index (χ2n) is 8.72. The molecule has 2 aliphatic heterocycles. The summed E-state index contributed by atoms with van der Waals surface area (Å²) in [5.41, 5.74) is 3.94. The van der Waals surface area contributed by atoms with Crippen LogP contribution in [0.5, 0.6) is 5.88 Å². The molecule has 1 unspecified atom stereocenters. The molecule has 0 saturated carbocycles. The van der Waals surface area contributed by atoms with Gasteiger partial charge in [-0.05, 0) is 51.9 Å². The number of methoxy groups -OCH3 is 1. The number of likely N-dealkylation sites (tertiary alicyclic amines) is 1. The van der Waals surface area contributed by atoms with Crippen LogP contribution in [0.4, 0.5) is 5.82 Å². The van der Waals surface area contributed by atoms with E-state index in [1.165, 1.54) is 12.8 Å². The van der Waals surface area contributed by atoms with Gasteiger partial charge < -0.3 is 19.7 Å². The lowest BCUT2D eigenvalue weighted by Crippen LogP contribution is -2.33. The fourth-order valence-electron chi connectivity index (χ4n) is 4.68. The van der Waals surface area contributed by atoms with Crippen molar-refractivity contribution in [3.05, 3.63) is 36.3 Å². The Bertz CT molecular complexity index is 1050. The van der Waals surface area contributed by atoms with E-state index in [2.05, 4.69) is 40.1 Å². The van der Waals surface area contributed by atoms with E-state index in [9.17, 15) is 0 Å². The van der Waals surface area contributed by atoms with E-state index in [0.717, 1.165) is 47.8 Å². The van der Waals surface area contributed by atoms with Gasteiger partial charge in [-0.3, -0.25) is 4.68 Å². The summed E-state index contributed by atoms with van der Waals surface area (Å²) in [7, 11) is 3.82. The molecule has 170 valence electrons. The number of ether oxygens (including phenoxy) is 2. The van der Waals surface area contributed by atoms with Crippen molar-refractivity contribution in [2.24, 2.45) is 5.92 Å². The zero-order valence-corrected chi connectivity index (χ0v) is 19.0. The van der Waals surface area contributed by atoms with E-state index in [1.807, 2.05) is 29.2 Å². The van der Waals surface area contributed by atoms with Gasteiger partial charge in [0, 0.05) is 29.8 Å². The van der Waals surface area contributed by atoms with Crippen LogP contribution in [0.2, 0.25) is 0 Å². The first-order chi connectivity index (χ1) is 15.6. The quantitative estimate of drug-likeness (QED) is 0.657. The van der Waals surface area contributed by atoms with Crippen LogP contribution in [0.15, 0.2) is 30.7 Å². The molecule has 5 rings (SSSR count). The Morgan fingerprint density at radius 1 is 1.22 bits per heavy atom. The van der Waals surface area contributed by atoms with Crippen molar-refractivity contribution in [1.29, 1.82) is 0 Å². The third kappa shape index (κ3) is 3.98. The molecule has 3 aromatic heterocycles. The normalized spacial score (nSPS) is 18.6. The van der Waals surface area contributed by atoms with Crippen LogP contribution >= 0.6 is 0 Å². The summed E-state index contributed by atoms with van der Waals surface area (Å²) in [5.74, 6) is 2.19. The number of rotatable bonds is 5. The number of anilines is 1. The van der Waals surface area contributed by atoms with Gasteiger partial charge in [0.05, 0.1) is 37.8 Å². The minimum atomic E-state index is 0.355. The average Bonchev–Trinajstić information content (AvgIpc) is 3.37. The lowest BCUT2D eigenvalue weighted by molar-refractivity contribution is 0.159. The molecule has 32 heavy (non-hydrogen) atoms. The smallest absolute Gasteiger partial charge is 0.212 e. The summed E-state index contributed by atoms with van der Waals surface area (Å²) >= 11 is 0. The van der Waals surface area contributed by atoms with Crippen LogP contribution in [0.3, 0.4) is 0 Å². The highest BCUT2D eigenvalue weighted by Gasteiger charge is 2.26. The van der Waals surface area contributed by atoms with Gasteiger partial charge in [-0.1, -0.05) is 0 Å². The lowest BCUT2D eigenvalue weighted by atomic mass is 9.91. The Balaban J connectivity index is 1.48. The van der Waals surface area contributed by atoms with Gasteiger partial charge in [0.1, 0.15) is 18.2 Å². The molecular formula is C23H31N7O2. The van der Waals surface area contributed by atoms with Gasteiger partial charge in [0.25, 0.3) is 0 Å². The van der Waals surface area contributed by atoms with Crippen LogP contribution in [-0.2, 0) is 11.2 Å². The highest BCUT2D eigenvalue weighted by molar-refractivity contribution is 5.70. The maximum atomic E-state index is 5.67. The molecule has 0 amide bonds. The first-order valence-corrected chi connectivity index (χ1v) is 11.3. The van der Waals surface area contributed by atoms with Gasteiger partial charge in [-0.2, -0.15) is 10.2 Å². The fraction of sp³-hybridized carbons (Fsp3) is 0.522. The second kappa shape index (κ2) is 8.91. The predicted molar refractivity (Wildman–Crippen MR) is 122 cm³/mol. The van der Waals surface area contributed by atoms with Gasteiger partial charge in [-0.15, -0.1) is 0 Å².